The van der Waals surface area contributed by atoms with Crippen molar-refractivity contribution in [1.82, 2.24) is 0 Å². The van der Waals surface area contributed by atoms with Crippen LogP contribution in [-0.4, -0.2) is 23.2 Å². The van der Waals surface area contributed by atoms with Crippen LogP contribution in [0, 0.1) is 10.1 Å². The minimum atomic E-state index is -0.540. The van der Waals surface area contributed by atoms with Crippen molar-refractivity contribution in [2.45, 2.75) is 0 Å². The zero-order valence-corrected chi connectivity index (χ0v) is 7.90. The monoisotopic (exact) mass is 217 g/mol. The lowest BCUT2D eigenvalue weighted by molar-refractivity contribution is -0.384. The van der Waals surface area contributed by atoms with E-state index in [2.05, 4.69) is 0 Å². The van der Waals surface area contributed by atoms with Gasteiger partial charge in [-0.25, -0.2) is 0 Å². The van der Waals surface area contributed by atoms with Gasteiger partial charge in [-0.15, -0.1) is 0 Å². The van der Waals surface area contributed by atoms with E-state index in [0.717, 1.165) is 0 Å². The second-order valence-corrected chi connectivity index (χ2v) is 2.85. The van der Waals surface area contributed by atoms with Gasteiger partial charge in [0.2, 0.25) is 0 Å². The predicted octanol–water partition coefficient (Wildman–Crippen LogP) is 1.62. The molecule has 14 heavy (non-hydrogen) atoms. The molecule has 0 aliphatic heterocycles. The van der Waals surface area contributed by atoms with Gasteiger partial charge in [0.15, 0.2) is 0 Å². The largest absolute Gasteiger partial charge is 0.489 e. The van der Waals surface area contributed by atoms with Crippen LogP contribution in [0.5, 0.6) is 5.75 Å². The van der Waals surface area contributed by atoms with E-state index in [1.165, 1.54) is 18.2 Å². The summed E-state index contributed by atoms with van der Waals surface area (Å²) in [5.74, 6) is 0.204. The molecule has 0 saturated heterocycles. The first kappa shape index (κ1) is 10.7. The summed E-state index contributed by atoms with van der Waals surface area (Å²) in [7, 11) is 0. The fraction of sp³-hybridized carbons (Fsp3) is 0.250. The van der Waals surface area contributed by atoms with Crippen molar-refractivity contribution in [3.05, 3.63) is 33.3 Å². The number of hydrogen-bond donors (Lipinski definition) is 1. The van der Waals surface area contributed by atoms with Crippen molar-refractivity contribution in [1.29, 1.82) is 0 Å². The van der Waals surface area contributed by atoms with Crippen molar-refractivity contribution in [3.63, 3.8) is 0 Å². The molecular formula is C8H8ClNO4. The van der Waals surface area contributed by atoms with Gasteiger partial charge < -0.3 is 9.84 Å². The number of halogens is 1. The number of rotatable bonds is 4. The number of nitro benzene ring substituents is 1. The van der Waals surface area contributed by atoms with Gasteiger partial charge in [-0.1, -0.05) is 11.6 Å². The molecule has 1 rings (SSSR count). The Morgan fingerprint density at radius 3 is 2.86 bits per heavy atom. The molecule has 0 amide bonds. The third kappa shape index (κ3) is 2.58. The van der Waals surface area contributed by atoms with E-state index in [1.807, 2.05) is 0 Å². The molecule has 0 bridgehead atoms. The van der Waals surface area contributed by atoms with E-state index in [0.29, 0.717) is 0 Å². The van der Waals surface area contributed by atoms with Gasteiger partial charge in [0, 0.05) is 6.07 Å². The molecule has 0 heterocycles. The number of aliphatic hydroxyl groups is 1. The van der Waals surface area contributed by atoms with Crippen LogP contribution in [0.1, 0.15) is 0 Å². The first-order chi connectivity index (χ1) is 6.65. The summed E-state index contributed by atoms with van der Waals surface area (Å²) in [6, 6.07) is 3.89. The molecule has 0 saturated carbocycles. The molecule has 5 nitrogen and oxygen atoms in total. The van der Waals surface area contributed by atoms with Gasteiger partial charge in [-0.3, -0.25) is 10.1 Å². The van der Waals surface area contributed by atoms with E-state index < -0.39 is 4.92 Å². The second-order valence-electron chi connectivity index (χ2n) is 2.44. The number of aliphatic hydroxyl groups excluding tert-OH is 1. The zero-order chi connectivity index (χ0) is 10.6. The topological polar surface area (TPSA) is 72.6 Å². The Morgan fingerprint density at radius 1 is 1.57 bits per heavy atom. The normalized spacial score (nSPS) is 9.86. The summed E-state index contributed by atoms with van der Waals surface area (Å²) >= 11 is 5.71. The van der Waals surface area contributed by atoms with E-state index >= 15 is 0 Å². The maximum absolute atomic E-state index is 10.4. The minimum absolute atomic E-state index is 0.0564. The number of ether oxygens (including phenoxy) is 1. The number of non-ortho nitro benzene ring substituents is 1. The molecule has 0 aliphatic carbocycles. The van der Waals surface area contributed by atoms with Gasteiger partial charge in [0.25, 0.3) is 5.69 Å². The molecule has 1 aromatic carbocycles. The van der Waals surface area contributed by atoms with Gasteiger partial charge >= 0.3 is 0 Å². The Kier molecular flexibility index (Phi) is 3.67. The molecule has 0 spiro atoms. The van der Waals surface area contributed by atoms with E-state index in [4.69, 9.17) is 21.4 Å². The summed E-state index contributed by atoms with van der Waals surface area (Å²) in [5.41, 5.74) is -0.0951. The number of nitrogens with zero attached hydrogens (tertiary/aromatic N) is 1. The van der Waals surface area contributed by atoms with Crippen LogP contribution in [0.4, 0.5) is 5.69 Å². The van der Waals surface area contributed by atoms with E-state index in [9.17, 15) is 10.1 Å². The average molecular weight is 218 g/mol. The quantitative estimate of drug-likeness (QED) is 0.614. The lowest BCUT2D eigenvalue weighted by Gasteiger charge is -2.05. The molecule has 0 atom stereocenters. The zero-order valence-electron chi connectivity index (χ0n) is 7.14. The first-order valence-electron chi connectivity index (χ1n) is 3.82. The average Bonchev–Trinajstić information content (AvgIpc) is 2.16. The van der Waals surface area contributed by atoms with Crippen LogP contribution in [0.2, 0.25) is 5.02 Å². The third-order valence-electron chi connectivity index (χ3n) is 1.47. The molecule has 0 fully saturated rings. The Balaban J connectivity index is 2.90. The number of benzene rings is 1. The first-order valence-corrected chi connectivity index (χ1v) is 4.20. The molecule has 76 valence electrons. The summed E-state index contributed by atoms with van der Waals surface area (Å²) < 4.78 is 4.99. The Bertz CT molecular complexity index is 342. The summed E-state index contributed by atoms with van der Waals surface area (Å²) in [6.07, 6.45) is 0. The van der Waals surface area contributed by atoms with Crippen LogP contribution in [0.25, 0.3) is 0 Å². The molecule has 0 aliphatic rings. The Labute approximate surface area is 85.0 Å². The molecule has 0 radical (unpaired) electrons. The van der Waals surface area contributed by atoms with E-state index in [-0.39, 0.29) is 29.7 Å². The SMILES string of the molecule is O=[N+]([O-])c1ccc(Cl)c(OCCO)c1. The van der Waals surface area contributed by atoms with Crippen molar-refractivity contribution >= 4 is 17.3 Å². The van der Waals surface area contributed by atoms with Gasteiger partial charge in [-0.05, 0) is 6.07 Å². The standard InChI is InChI=1S/C8H8ClNO4/c9-7-2-1-6(10(12)13)5-8(7)14-4-3-11/h1-2,5,11H,3-4H2. The minimum Gasteiger partial charge on any atom is -0.489 e. The highest BCUT2D eigenvalue weighted by atomic mass is 35.5. The highest BCUT2D eigenvalue weighted by Crippen LogP contribution is 2.28. The molecule has 1 aromatic rings. The molecule has 6 heteroatoms. The molecule has 0 aromatic heterocycles. The van der Waals surface area contributed by atoms with E-state index in [1.54, 1.807) is 0 Å². The van der Waals surface area contributed by atoms with Gasteiger partial charge in [0.05, 0.1) is 22.6 Å². The maximum Gasteiger partial charge on any atom is 0.273 e. The molecule has 0 unspecified atom stereocenters. The molecular weight excluding hydrogens is 210 g/mol. The van der Waals surface area contributed by atoms with Crippen LogP contribution >= 0.6 is 11.6 Å². The Hall–Kier alpha value is -1.33. The van der Waals surface area contributed by atoms with Crippen molar-refractivity contribution in [2.75, 3.05) is 13.2 Å². The fourth-order valence-electron chi connectivity index (χ4n) is 0.872. The highest BCUT2D eigenvalue weighted by Gasteiger charge is 2.10. The maximum atomic E-state index is 10.4. The number of nitro groups is 1. The highest BCUT2D eigenvalue weighted by molar-refractivity contribution is 6.32. The van der Waals surface area contributed by atoms with Crippen LogP contribution < -0.4 is 4.74 Å². The number of hydrogen-bond acceptors (Lipinski definition) is 4. The lowest BCUT2D eigenvalue weighted by Crippen LogP contribution is -2.02. The molecule has 1 N–H and O–H groups in total. The van der Waals surface area contributed by atoms with Crippen LogP contribution in [0.3, 0.4) is 0 Å². The smallest absolute Gasteiger partial charge is 0.273 e. The van der Waals surface area contributed by atoms with Crippen LogP contribution in [-0.2, 0) is 0 Å². The summed E-state index contributed by atoms with van der Waals surface area (Å²) in [4.78, 5) is 9.86. The lowest BCUT2D eigenvalue weighted by atomic mass is 10.3. The fourth-order valence-corrected chi connectivity index (χ4v) is 1.04. The summed E-state index contributed by atoms with van der Waals surface area (Å²) in [6.45, 7) is -0.111. The van der Waals surface area contributed by atoms with Crippen molar-refractivity contribution in [2.24, 2.45) is 0 Å². The second kappa shape index (κ2) is 4.78. The van der Waals surface area contributed by atoms with Crippen LogP contribution in [0.15, 0.2) is 18.2 Å². The van der Waals surface area contributed by atoms with Gasteiger partial charge in [0.1, 0.15) is 12.4 Å². The Morgan fingerprint density at radius 2 is 2.29 bits per heavy atom. The van der Waals surface area contributed by atoms with Crippen molar-refractivity contribution < 1.29 is 14.8 Å². The van der Waals surface area contributed by atoms with Crippen molar-refractivity contribution in [3.8, 4) is 5.75 Å². The summed E-state index contributed by atoms with van der Waals surface area (Å²) in [5, 5.41) is 19.2. The predicted molar refractivity (Wildman–Crippen MR) is 50.7 cm³/mol. The third-order valence-corrected chi connectivity index (χ3v) is 1.79. The van der Waals surface area contributed by atoms with Gasteiger partial charge in [-0.2, -0.15) is 0 Å².